The molecular weight excluding hydrogens is 781 g/mol. The molecule has 5 nitrogen and oxygen atoms in total. The van der Waals surface area contributed by atoms with Gasteiger partial charge in [0.2, 0.25) is 0 Å². The number of hydrogen-bond donors (Lipinski definition) is 0. The van der Waals surface area contributed by atoms with E-state index in [4.69, 9.17) is 19.4 Å². The van der Waals surface area contributed by atoms with Crippen molar-refractivity contribution in [2.45, 2.75) is 0 Å². The molecule has 298 valence electrons. The molecule has 9 aromatic carbocycles. The van der Waals surface area contributed by atoms with Crippen molar-refractivity contribution in [3.05, 3.63) is 218 Å². The third-order valence-electron chi connectivity index (χ3n) is 12.6. The van der Waals surface area contributed by atoms with E-state index >= 15 is 0 Å². The minimum atomic E-state index is 0.673. The second kappa shape index (κ2) is 14.5. The van der Waals surface area contributed by atoms with Gasteiger partial charge in [-0.05, 0) is 83.2 Å². The van der Waals surface area contributed by atoms with Crippen molar-refractivity contribution < 1.29 is 4.42 Å². The SMILES string of the molecule is c1ccc(-c2nc(-c3ccc(-c4ccc5nc(-c6ccccc6)c6cc7c(cc6c5c4)c4ccccc4n7-c4ccccc4)cc3)cc(-c3ccc4c(c3)oc3ccccc34)n2)cc1. The number of benzene rings is 9. The summed E-state index contributed by atoms with van der Waals surface area (Å²) in [7, 11) is 0. The maximum absolute atomic E-state index is 6.28. The Morgan fingerprint density at radius 3 is 1.73 bits per heavy atom. The predicted molar refractivity (Wildman–Crippen MR) is 264 cm³/mol. The fourth-order valence-corrected chi connectivity index (χ4v) is 9.49. The number of hydrogen-bond acceptors (Lipinski definition) is 4. The van der Waals surface area contributed by atoms with E-state index in [1.165, 1.54) is 21.7 Å². The first-order valence-electron chi connectivity index (χ1n) is 21.6. The zero-order valence-corrected chi connectivity index (χ0v) is 34.5. The molecule has 4 heterocycles. The van der Waals surface area contributed by atoms with Crippen molar-refractivity contribution in [2.24, 2.45) is 0 Å². The van der Waals surface area contributed by atoms with Gasteiger partial charge in [-0.25, -0.2) is 15.0 Å². The maximum Gasteiger partial charge on any atom is 0.160 e. The number of para-hydroxylation sites is 3. The van der Waals surface area contributed by atoms with E-state index in [-0.39, 0.29) is 0 Å². The zero-order chi connectivity index (χ0) is 42.1. The fourth-order valence-electron chi connectivity index (χ4n) is 9.49. The summed E-state index contributed by atoms with van der Waals surface area (Å²) in [6, 6.07) is 76.8. The van der Waals surface area contributed by atoms with Crippen LogP contribution in [0.15, 0.2) is 223 Å². The third-order valence-corrected chi connectivity index (χ3v) is 12.6. The van der Waals surface area contributed by atoms with Crippen LogP contribution in [0.1, 0.15) is 0 Å². The minimum Gasteiger partial charge on any atom is -0.456 e. The van der Waals surface area contributed by atoms with Crippen LogP contribution in [0.25, 0.3) is 127 Å². The van der Waals surface area contributed by atoms with Crippen LogP contribution in [0, 0.1) is 0 Å². The molecule has 0 aliphatic heterocycles. The van der Waals surface area contributed by atoms with Gasteiger partial charge >= 0.3 is 0 Å². The number of furan rings is 1. The Kier molecular flexibility index (Phi) is 8.15. The molecule has 64 heavy (non-hydrogen) atoms. The average molecular weight is 817 g/mol. The molecule has 13 rings (SSSR count). The van der Waals surface area contributed by atoms with Crippen molar-refractivity contribution in [2.75, 3.05) is 0 Å². The van der Waals surface area contributed by atoms with Gasteiger partial charge in [0.25, 0.3) is 0 Å². The second-order valence-corrected chi connectivity index (χ2v) is 16.4. The van der Waals surface area contributed by atoms with Crippen LogP contribution in [0.4, 0.5) is 0 Å². The van der Waals surface area contributed by atoms with Crippen molar-refractivity contribution in [1.29, 1.82) is 0 Å². The van der Waals surface area contributed by atoms with E-state index in [1.54, 1.807) is 0 Å². The lowest BCUT2D eigenvalue weighted by molar-refractivity contribution is 0.669. The highest BCUT2D eigenvalue weighted by molar-refractivity contribution is 6.20. The summed E-state index contributed by atoms with van der Waals surface area (Å²) in [6.45, 7) is 0. The Morgan fingerprint density at radius 1 is 0.312 bits per heavy atom. The van der Waals surface area contributed by atoms with Gasteiger partial charge < -0.3 is 8.98 Å². The van der Waals surface area contributed by atoms with Crippen molar-refractivity contribution >= 4 is 65.4 Å². The van der Waals surface area contributed by atoms with Crippen molar-refractivity contribution in [3.63, 3.8) is 0 Å². The molecule has 5 heteroatoms. The van der Waals surface area contributed by atoms with E-state index in [0.29, 0.717) is 5.82 Å². The highest BCUT2D eigenvalue weighted by atomic mass is 16.3. The quantitative estimate of drug-likeness (QED) is 0.157. The van der Waals surface area contributed by atoms with Gasteiger partial charge in [-0.2, -0.15) is 0 Å². The highest BCUT2D eigenvalue weighted by Gasteiger charge is 2.19. The molecule has 0 N–H and O–H groups in total. The van der Waals surface area contributed by atoms with Crippen LogP contribution in [-0.4, -0.2) is 19.5 Å². The molecule has 0 saturated heterocycles. The lowest BCUT2D eigenvalue weighted by Gasteiger charge is -2.14. The molecular formula is C59H36N4O. The van der Waals surface area contributed by atoms with Gasteiger partial charge in [-0.3, -0.25) is 0 Å². The molecule has 0 atom stereocenters. The van der Waals surface area contributed by atoms with E-state index in [0.717, 1.165) is 99.9 Å². The summed E-state index contributed by atoms with van der Waals surface area (Å²) >= 11 is 0. The normalized spacial score (nSPS) is 11.8. The molecule has 0 aliphatic carbocycles. The smallest absolute Gasteiger partial charge is 0.160 e. The summed E-state index contributed by atoms with van der Waals surface area (Å²) in [5.41, 5.74) is 15.1. The number of fused-ring (bicyclic) bond motifs is 9. The summed E-state index contributed by atoms with van der Waals surface area (Å²) in [6.07, 6.45) is 0. The van der Waals surface area contributed by atoms with Crippen LogP contribution in [0.5, 0.6) is 0 Å². The topological polar surface area (TPSA) is 56.7 Å². The first kappa shape index (κ1) is 36.0. The van der Waals surface area contributed by atoms with E-state index in [1.807, 2.05) is 36.4 Å². The molecule has 0 radical (unpaired) electrons. The van der Waals surface area contributed by atoms with Crippen molar-refractivity contribution in [3.8, 4) is 62.0 Å². The second-order valence-electron chi connectivity index (χ2n) is 16.4. The van der Waals surface area contributed by atoms with Gasteiger partial charge in [-0.1, -0.05) is 152 Å². The van der Waals surface area contributed by atoms with Gasteiger partial charge in [0.05, 0.1) is 33.6 Å². The molecule has 0 saturated carbocycles. The summed E-state index contributed by atoms with van der Waals surface area (Å²) < 4.78 is 8.66. The molecule has 0 spiro atoms. The zero-order valence-electron chi connectivity index (χ0n) is 34.5. The summed E-state index contributed by atoms with van der Waals surface area (Å²) in [5.74, 6) is 0.673. The molecule has 4 aromatic heterocycles. The average Bonchev–Trinajstić information content (AvgIpc) is 3.91. The monoisotopic (exact) mass is 816 g/mol. The van der Waals surface area contributed by atoms with Crippen LogP contribution in [0.3, 0.4) is 0 Å². The Bertz CT molecular complexity index is 3930. The molecule has 0 amide bonds. The molecule has 13 aromatic rings. The summed E-state index contributed by atoms with van der Waals surface area (Å²) in [4.78, 5) is 15.6. The Labute approximate surface area is 368 Å². The fraction of sp³-hybridized carbons (Fsp3) is 0. The Morgan fingerprint density at radius 2 is 0.938 bits per heavy atom. The first-order valence-corrected chi connectivity index (χ1v) is 21.6. The van der Waals surface area contributed by atoms with Crippen molar-refractivity contribution in [1.82, 2.24) is 19.5 Å². The number of rotatable bonds is 6. The van der Waals surface area contributed by atoms with Gasteiger partial charge in [0.1, 0.15) is 11.2 Å². The van der Waals surface area contributed by atoms with E-state index < -0.39 is 0 Å². The highest BCUT2D eigenvalue weighted by Crippen LogP contribution is 2.41. The lowest BCUT2D eigenvalue weighted by atomic mass is 9.95. The standard InChI is InChI=1S/C59H36N4O/c1-4-14-39(15-5-1)58-50-35-55-49(44-20-10-12-22-54(44)63(55)43-18-8-3-9-19-43)34-47(50)48-32-41(29-31-51(48)60-58)37-24-26-38(27-25-37)52-36-53(62-59(61-52)40-16-6-2-7-17-40)42-28-30-46-45-21-11-13-23-56(45)64-57(46)33-42/h1-36H. The minimum absolute atomic E-state index is 0.673. The van der Waals surface area contributed by atoms with Crippen LogP contribution in [-0.2, 0) is 0 Å². The number of nitrogens with zero attached hydrogens (tertiary/aromatic N) is 4. The van der Waals surface area contributed by atoms with Gasteiger partial charge in [0, 0.05) is 60.3 Å². The summed E-state index contributed by atoms with van der Waals surface area (Å²) in [5, 5.41) is 8.04. The van der Waals surface area contributed by atoms with Gasteiger partial charge in [-0.15, -0.1) is 0 Å². The molecule has 0 aliphatic rings. The van der Waals surface area contributed by atoms with Crippen LogP contribution >= 0.6 is 0 Å². The van der Waals surface area contributed by atoms with Crippen LogP contribution < -0.4 is 0 Å². The third kappa shape index (κ3) is 5.90. The molecule has 0 fully saturated rings. The van der Waals surface area contributed by atoms with Crippen LogP contribution in [0.2, 0.25) is 0 Å². The number of pyridine rings is 1. The van der Waals surface area contributed by atoms with E-state index in [9.17, 15) is 0 Å². The number of aromatic nitrogens is 4. The first-order chi connectivity index (χ1) is 31.7. The Balaban J connectivity index is 0.947. The molecule has 0 unspecified atom stereocenters. The van der Waals surface area contributed by atoms with Gasteiger partial charge in [0.15, 0.2) is 5.82 Å². The predicted octanol–water partition coefficient (Wildman–Crippen LogP) is 15.5. The Hall–Kier alpha value is -8.67. The maximum atomic E-state index is 6.28. The van der Waals surface area contributed by atoms with E-state index in [2.05, 4.69) is 187 Å². The molecule has 0 bridgehead atoms. The lowest BCUT2D eigenvalue weighted by Crippen LogP contribution is -1.96. The largest absolute Gasteiger partial charge is 0.456 e.